The third-order valence-corrected chi connectivity index (χ3v) is 2.81. The molecule has 1 aromatic rings. The van der Waals surface area contributed by atoms with Crippen molar-refractivity contribution in [1.82, 2.24) is 0 Å². The molecule has 0 N–H and O–H groups in total. The van der Waals surface area contributed by atoms with E-state index in [2.05, 4.69) is 5.10 Å². The van der Waals surface area contributed by atoms with Gasteiger partial charge < -0.3 is 0 Å². The molecule has 0 amide bonds. The van der Waals surface area contributed by atoms with E-state index >= 15 is 0 Å². The van der Waals surface area contributed by atoms with E-state index in [0.29, 0.717) is 0 Å². The third kappa shape index (κ3) is 2.83. The maximum Gasteiger partial charge on any atom is 0.0901 e. The minimum absolute atomic E-state index is 0.975. The molecule has 0 spiro atoms. The molecule has 0 bridgehead atoms. The Morgan fingerprint density at radius 1 is 1.06 bits per heavy atom. The molecule has 3 heteroatoms. The zero-order valence-electron chi connectivity index (χ0n) is 9.72. The molecule has 3 nitrogen and oxygen atoms in total. The SMILES string of the molecule is CON(N=C1CCCCC1)c1ccccc1. The fourth-order valence-electron chi connectivity index (χ4n) is 1.95. The molecular weight excluding hydrogens is 200 g/mol. The van der Waals surface area contributed by atoms with Crippen LogP contribution in [0.25, 0.3) is 0 Å². The number of hydrogen-bond donors (Lipinski definition) is 0. The van der Waals surface area contributed by atoms with Crippen LogP contribution in [0.4, 0.5) is 5.69 Å². The number of nitrogens with zero attached hydrogens (tertiary/aromatic N) is 2. The molecule has 0 heterocycles. The lowest BCUT2D eigenvalue weighted by Gasteiger charge is -2.19. The van der Waals surface area contributed by atoms with E-state index in [1.54, 1.807) is 12.3 Å². The average Bonchev–Trinajstić information content (AvgIpc) is 2.38. The van der Waals surface area contributed by atoms with Gasteiger partial charge in [0.05, 0.1) is 12.8 Å². The molecule has 86 valence electrons. The summed E-state index contributed by atoms with van der Waals surface area (Å²) in [4.78, 5) is 5.28. The van der Waals surface area contributed by atoms with Crippen molar-refractivity contribution in [3.63, 3.8) is 0 Å². The summed E-state index contributed by atoms with van der Waals surface area (Å²) in [6.07, 6.45) is 6.05. The maximum atomic E-state index is 5.28. The summed E-state index contributed by atoms with van der Waals surface area (Å²) < 4.78 is 0. The summed E-state index contributed by atoms with van der Waals surface area (Å²) in [7, 11) is 1.65. The maximum absolute atomic E-state index is 5.28. The molecule has 1 fully saturated rings. The van der Waals surface area contributed by atoms with Crippen LogP contribution in [0.3, 0.4) is 0 Å². The van der Waals surface area contributed by atoms with E-state index in [9.17, 15) is 0 Å². The van der Waals surface area contributed by atoms with Gasteiger partial charge in [-0.2, -0.15) is 5.10 Å². The minimum Gasteiger partial charge on any atom is -0.255 e. The van der Waals surface area contributed by atoms with Crippen LogP contribution in [0, 0.1) is 0 Å². The van der Waals surface area contributed by atoms with Gasteiger partial charge >= 0.3 is 0 Å². The first-order valence-electron chi connectivity index (χ1n) is 5.86. The lowest BCUT2D eigenvalue weighted by atomic mass is 9.99. The molecule has 2 rings (SSSR count). The Kier molecular flexibility index (Phi) is 3.94. The lowest BCUT2D eigenvalue weighted by molar-refractivity contribution is 0.169. The quantitative estimate of drug-likeness (QED) is 0.726. The van der Waals surface area contributed by atoms with Crippen LogP contribution < -0.4 is 5.17 Å². The number of anilines is 1. The summed E-state index contributed by atoms with van der Waals surface area (Å²) in [5.74, 6) is 0. The van der Waals surface area contributed by atoms with Gasteiger partial charge in [-0.05, 0) is 37.8 Å². The topological polar surface area (TPSA) is 24.8 Å². The highest BCUT2D eigenvalue weighted by Crippen LogP contribution is 2.18. The fraction of sp³-hybridized carbons (Fsp3) is 0.462. The molecule has 0 aliphatic heterocycles. The van der Waals surface area contributed by atoms with Crippen molar-refractivity contribution in [1.29, 1.82) is 0 Å². The number of rotatable bonds is 3. The molecule has 1 aliphatic carbocycles. The van der Waals surface area contributed by atoms with Crippen molar-refractivity contribution in [3.8, 4) is 0 Å². The van der Waals surface area contributed by atoms with Gasteiger partial charge in [0.25, 0.3) is 0 Å². The monoisotopic (exact) mass is 218 g/mol. The molecule has 0 saturated heterocycles. The molecule has 1 aromatic carbocycles. The van der Waals surface area contributed by atoms with E-state index in [4.69, 9.17) is 4.84 Å². The summed E-state index contributed by atoms with van der Waals surface area (Å²) in [6.45, 7) is 0. The standard InChI is InChI=1S/C13H18N2O/c1-16-15(13-10-6-3-7-11-13)14-12-8-4-2-5-9-12/h3,6-7,10-11H,2,4-5,8-9H2,1H3. The second kappa shape index (κ2) is 5.66. The molecule has 0 aromatic heterocycles. The first-order valence-corrected chi connectivity index (χ1v) is 5.86. The van der Waals surface area contributed by atoms with E-state index in [-0.39, 0.29) is 0 Å². The van der Waals surface area contributed by atoms with Crippen LogP contribution in [-0.2, 0) is 4.84 Å². The Balaban J connectivity index is 2.10. The lowest BCUT2D eigenvalue weighted by Crippen LogP contribution is -2.18. The summed E-state index contributed by atoms with van der Waals surface area (Å²) in [5, 5.41) is 6.16. The van der Waals surface area contributed by atoms with Crippen molar-refractivity contribution in [3.05, 3.63) is 30.3 Å². The van der Waals surface area contributed by atoms with Crippen molar-refractivity contribution < 1.29 is 4.84 Å². The smallest absolute Gasteiger partial charge is 0.0901 e. The summed E-state index contributed by atoms with van der Waals surface area (Å²) in [6, 6.07) is 9.96. The molecule has 1 saturated carbocycles. The molecule has 16 heavy (non-hydrogen) atoms. The van der Waals surface area contributed by atoms with Crippen LogP contribution in [-0.4, -0.2) is 12.8 Å². The number of hydrogen-bond acceptors (Lipinski definition) is 3. The molecule has 0 radical (unpaired) electrons. The van der Waals surface area contributed by atoms with E-state index in [1.807, 2.05) is 30.3 Å². The first kappa shape index (κ1) is 11.1. The largest absolute Gasteiger partial charge is 0.255 e. The Morgan fingerprint density at radius 3 is 2.38 bits per heavy atom. The van der Waals surface area contributed by atoms with E-state index < -0.39 is 0 Å². The van der Waals surface area contributed by atoms with Gasteiger partial charge in [0.2, 0.25) is 0 Å². The van der Waals surface area contributed by atoms with Crippen molar-refractivity contribution in [2.75, 3.05) is 12.3 Å². The molecule has 0 unspecified atom stereocenters. The Bertz CT molecular complexity index is 340. The molecule has 1 aliphatic rings. The van der Waals surface area contributed by atoms with Gasteiger partial charge in [-0.15, -0.1) is 5.17 Å². The van der Waals surface area contributed by atoms with E-state index in [1.165, 1.54) is 25.0 Å². The van der Waals surface area contributed by atoms with Gasteiger partial charge in [-0.25, -0.2) is 0 Å². The van der Waals surface area contributed by atoms with Crippen LogP contribution in [0.2, 0.25) is 0 Å². The minimum atomic E-state index is 0.975. The van der Waals surface area contributed by atoms with Gasteiger partial charge in [0.15, 0.2) is 0 Å². The number of para-hydroxylation sites is 1. The summed E-state index contributed by atoms with van der Waals surface area (Å²) in [5.41, 5.74) is 2.22. The summed E-state index contributed by atoms with van der Waals surface area (Å²) >= 11 is 0. The second-order valence-corrected chi connectivity index (χ2v) is 4.02. The van der Waals surface area contributed by atoms with Crippen LogP contribution in [0.1, 0.15) is 32.1 Å². The predicted octanol–water partition coefficient (Wildman–Crippen LogP) is 3.37. The van der Waals surface area contributed by atoms with Gasteiger partial charge in [0, 0.05) is 5.71 Å². The normalized spacial score (nSPS) is 15.9. The Hall–Kier alpha value is -1.35. The van der Waals surface area contributed by atoms with Gasteiger partial charge in [-0.3, -0.25) is 4.84 Å². The highest BCUT2D eigenvalue weighted by molar-refractivity contribution is 5.85. The van der Waals surface area contributed by atoms with Gasteiger partial charge in [-0.1, -0.05) is 24.6 Å². The third-order valence-electron chi connectivity index (χ3n) is 2.81. The second-order valence-electron chi connectivity index (χ2n) is 4.02. The van der Waals surface area contributed by atoms with E-state index in [0.717, 1.165) is 18.5 Å². The van der Waals surface area contributed by atoms with Crippen molar-refractivity contribution in [2.45, 2.75) is 32.1 Å². The first-order chi connectivity index (χ1) is 7.90. The number of benzene rings is 1. The van der Waals surface area contributed by atoms with Crippen LogP contribution >= 0.6 is 0 Å². The van der Waals surface area contributed by atoms with Gasteiger partial charge in [0.1, 0.15) is 0 Å². The fourth-order valence-corrected chi connectivity index (χ4v) is 1.95. The van der Waals surface area contributed by atoms with Crippen molar-refractivity contribution in [2.24, 2.45) is 5.10 Å². The average molecular weight is 218 g/mol. The predicted molar refractivity (Wildman–Crippen MR) is 66.5 cm³/mol. The highest BCUT2D eigenvalue weighted by Gasteiger charge is 2.10. The number of hydrazone groups is 1. The Labute approximate surface area is 96.7 Å². The molecular formula is C13H18N2O. The Morgan fingerprint density at radius 2 is 1.75 bits per heavy atom. The molecule has 0 atom stereocenters. The highest BCUT2D eigenvalue weighted by atomic mass is 16.7. The van der Waals surface area contributed by atoms with Crippen LogP contribution in [0.15, 0.2) is 35.4 Å². The zero-order valence-corrected chi connectivity index (χ0v) is 9.72. The van der Waals surface area contributed by atoms with Crippen molar-refractivity contribution >= 4 is 11.4 Å². The van der Waals surface area contributed by atoms with Crippen LogP contribution in [0.5, 0.6) is 0 Å². The zero-order chi connectivity index (χ0) is 11.2.